The van der Waals surface area contributed by atoms with E-state index in [-0.39, 0.29) is 6.04 Å². The standard InChI is InChI=1S/C11H14BrNS/c12-9-6-11(14-7-9)10(13)5-8-3-1-2-4-8/h3,6-7,10H,1-2,4-5,13H2. The van der Waals surface area contributed by atoms with Crippen molar-refractivity contribution in [2.45, 2.75) is 31.7 Å². The third-order valence-corrected chi connectivity index (χ3v) is 4.40. The van der Waals surface area contributed by atoms with Gasteiger partial charge in [0.15, 0.2) is 0 Å². The van der Waals surface area contributed by atoms with Crippen LogP contribution in [0, 0.1) is 0 Å². The highest BCUT2D eigenvalue weighted by atomic mass is 79.9. The van der Waals surface area contributed by atoms with Gasteiger partial charge in [-0.3, -0.25) is 0 Å². The van der Waals surface area contributed by atoms with Crippen molar-refractivity contribution in [2.24, 2.45) is 5.73 Å². The zero-order valence-corrected chi connectivity index (χ0v) is 10.4. The second kappa shape index (κ2) is 4.60. The minimum atomic E-state index is 0.190. The monoisotopic (exact) mass is 271 g/mol. The third-order valence-electron chi connectivity index (χ3n) is 2.57. The Morgan fingerprint density at radius 2 is 2.43 bits per heavy atom. The Kier molecular flexibility index (Phi) is 3.42. The maximum atomic E-state index is 6.14. The van der Waals surface area contributed by atoms with Crippen LogP contribution in [-0.2, 0) is 0 Å². The van der Waals surface area contributed by atoms with Crippen LogP contribution in [0.2, 0.25) is 0 Å². The van der Waals surface area contributed by atoms with Crippen molar-refractivity contribution in [1.82, 2.24) is 0 Å². The average Bonchev–Trinajstić information content (AvgIpc) is 2.75. The molecule has 1 aromatic heterocycles. The molecule has 2 N–H and O–H groups in total. The molecule has 0 amide bonds. The summed E-state index contributed by atoms with van der Waals surface area (Å²) in [6.07, 6.45) is 7.20. The predicted molar refractivity (Wildman–Crippen MR) is 65.5 cm³/mol. The molecule has 2 rings (SSSR count). The lowest BCUT2D eigenvalue weighted by atomic mass is 10.1. The molecule has 76 valence electrons. The molecule has 1 heterocycles. The highest BCUT2D eigenvalue weighted by Gasteiger charge is 2.12. The molecular formula is C11H14BrNS. The van der Waals surface area contributed by atoms with E-state index >= 15 is 0 Å². The zero-order chi connectivity index (χ0) is 9.97. The van der Waals surface area contributed by atoms with Crippen LogP contribution in [-0.4, -0.2) is 0 Å². The largest absolute Gasteiger partial charge is 0.323 e. The van der Waals surface area contributed by atoms with E-state index in [4.69, 9.17) is 5.73 Å². The van der Waals surface area contributed by atoms with Gasteiger partial charge in [0.1, 0.15) is 0 Å². The number of allylic oxidation sites excluding steroid dienone is 1. The molecule has 0 aromatic carbocycles. The van der Waals surface area contributed by atoms with E-state index in [1.807, 2.05) is 0 Å². The molecule has 0 saturated carbocycles. The number of nitrogens with two attached hydrogens (primary N) is 1. The summed E-state index contributed by atoms with van der Waals surface area (Å²) < 4.78 is 1.15. The fourth-order valence-corrected chi connectivity index (χ4v) is 3.28. The summed E-state index contributed by atoms with van der Waals surface area (Å²) in [6.45, 7) is 0. The molecule has 1 aliphatic rings. The van der Waals surface area contributed by atoms with E-state index in [1.165, 1.54) is 24.1 Å². The van der Waals surface area contributed by atoms with Crippen LogP contribution in [0.15, 0.2) is 27.6 Å². The van der Waals surface area contributed by atoms with Gasteiger partial charge in [-0.15, -0.1) is 11.3 Å². The maximum absolute atomic E-state index is 6.14. The summed E-state index contributed by atoms with van der Waals surface area (Å²) >= 11 is 5.20. The molecule has 0 fully saturated rings. The highest BCUT2D eigenvalue weighted by Crippen LogP contribution is 2.31. The molecule has 0 saturated heterocycles. The van der Waals surface area contributed by atoms with Crippen molar-refractivity contribution in [3.63, 3.8) is 0 Å². The van der Waals surface area contributed by atoms with Crippen LogP contribution in [0.1, 0.15) is 36.6 Å². The molecule has 3 heteroatoms. The minimum Gasteiger partial charge on any atom is -0.323 e. The SMILES string of the molecule is NC(CC1=CCCC1)c1cc(Br)cs1. The van der Waals surface area contributed by atoms with E-state index in [1.54, 1.807) is 16.9 Å². The quantitative estimate of drug-likeness (QED) is 0.826. The molecule has 1 atom stereocenters. The van der Waals surface area contributed by atoms with Crippen molar-refractivity contribution in [3.05, 3.63) is 32.4 Å². The van der Waals surface area contributed by atoms with Gasteiger partial charge in [0.25, 0.3) is 0 Å². The Labute approximate surface area is 97.1 Å². The summed E-state index contributed by atoms with van der Waals surface area (Å²) in [4.78, 5) is 1.28. The Bertz CT molecular complexity index is 343. The first-order chi connectivity index (χ1) is 6.75. The normalized spacial score (nSPS) is 18.3. The van der Waals surface area contributed by atoms with Crippen molar-refractivity contribution in [2.75, 3.05) is 0 Å². The van der Waals surface area contributed by atoms with Gasteiger partial charge in [-0.05, 0) is 47.7 Å². The molecule has 14 heavy (non-hydrogen) atoms. The lowest BCUT2D eigenvalue weighted by molar-refractivity contribution is 0.709. The lowest BCUT2D eigenvalue weighted by Gasteiger charge is -2.09. The topological polar surface area (TPSA) is 26.0 Å². The molecule has 0 radical (unpaired) electrons. The van der Waals surface area contributed by atoms with Crippen molar-refractivity contribution < 1.29 is 0 Å². The summed E-state index contributed by atoms with van der Waals surface area (Å²) in [5, 5.41) is 2.10. The van der Waals surface area contributed by atoms with Crippen LogP contribution in [0.4, 0.5) is 0 Å². The molecule has 1 unspecified atom stereocenters. The van der Waals surface area contributed by atoms with Gasteiger partial charge in [0.2, 0.25) is 0 Å². The summed E-state index contributed by atoms with van der Waals surface area (Å²) in [7, 11) is 0. The van der Waals surface area contributed by atoms with Crippen LogP contribution in [0.5, 0.6) is 0 Å². The third kappa shape index (κ3) is 2.47. The van der Waals surface area contributed by atoms with Gasteiger partial charge >= 0.3 is 0 Å². The van der Waals surface area contributed by atoms with Gasteiger partial charge in [0, 0.05) is 20.8 Å². The van der Waals surface area contributed by atoms with Crippen LogP contribution in [0.25, 0.3) is 0 Å². The van der Waals surface area contributed by atoms with E-state index in [0.717, 1.165) is 10.9 Å². The van der Waals surface area contributed by atoms with Gasteiger partial charge < -0.3 is 5.73 Å². The lowest BCUT2D eigenvalue weighted by Crippen LogP contribution is -2.08. The van der Waals surface area contributed by atoms with Crippen molar-refractivity contribution >= 4 is 27.3 Å². The van der Waals surface area contributed by atoms with Crippen LogP contribution < -0.4 is 5.73 Å². The highest BCUT2D eigenvalue weighted by molar-refractivity contribution is 9.10. The smallest absolute Gasteiger partial charge is 0.0427 e. The second-order valence-electron chi connectivity index (χ2n) is 3.73. The number of hydrogen-bond donors (Lipinski definition) is 1. The molecule has 0 aliphatic heterocycles. The first-order valence-electron chi connectivity index (χ1n) is 4.93. The van der Waals surface area contributed by atoms with E-state index in [9.17, 15) is 0 Å². The Hall–Kier alpha value is -0.120. The number of rotatable bonds is 3. The first-order valence-corrected chi connectivity index (χ1v) is 6.60. The van der Waals surface area contributed by atoms with Gasteiger partial charge in [-0.2, -0.15) is 0 Å². The van der Waals surface area contributed by atoms with Crippen LogP contribution in [0.3, 0.4) is 0 Å². The molecule has 1 aromatic rings. The van der Waals surface area contributed by atoms with Crippen molar-refractivity contribution in [1.29, 1.82) is 0 Å². The fourth-order valence-electron chi connectivity index (χ4n) is 1.83. The molecule has 1 nitrogen and oxygen atoms in total. The van der Waals surface area contributed by atoms with Crippen molar-refractivity contribution in [3.8, 4) is 0 Å². The molecule has 0 spiro atoms. The maximum Gasteiger partial charge on any atom is 0.0427 e. The molecule has 0 bridgehead atoms. The minimum absolute atomic E-state index is 0.190. The summed E-state index contributed by atoms with van der Waals surface area (Å²) in [6, 6.07) is 2.32. The number of thiophene rings is 1. The summed E-state index contributed by atoms with van der Waals surface area (Å²) in [5.74, 6) is 0. The second-order valence-corrected chi connectivity index (χ2v) is 5.59. The van der Waals surface area contributed by atoms with E-state index in [2.05, 4.69) is 33.5 Å². The zero-order valence-electron chi connectivity index (χ0n) is 8.00. The number of hydrogen-bond acceptors (Lipinski definition) is 2. The first kappa shape index (κ1) is 10.4. The van der Waals surface area contributed by atoms with E-state index < -0.39 is 0 Å². The molecule has 1 aliphatic carbocycles. The Morgan fingerprint density at radius 1 is 1.57 bits per heavy atom. The summed E-state index contributed by atoms with van der Waals surface area (Å²) in [5.41, 5.74) is 7.68. The van der Waals surface area contributed by atoms with Crippen LogP contribution >= 0.6 is 27.3 Å². The Morgan fingerprint density at radius 3 is 3.00 bits per heavy atom. The predicted octanol–water partition coefficient (Wildman–Crippen LogP) is 4.01. The average molecular weight is 272 g/mol. The van der Waals surface area contributed by atoms with Gasteiger partial charge in [0.05, 0.1) is 0 Å². The Balaban J connectivity index is 1.98. The van der Waals surface area contributed by atoms with Gasteiger partial charge in [-0.1, -0.05) is 11.6 Å². The van der Waals surface area contributed by atoms with Gasteiger partial charge in [-0.25, -0.2) is 0 Å². The van der Waals surface area contributed by atoms with E-state index in [0.29, 0.717) is 0 Å². The molecular weight excluding hydrogens is 258 g/mol. The fraction of sp³-hybridized carbons (Fsp3) is 0.455. The number of halogens is 1.